The second-order valence-corrected chi connectivity index (χ2v) is 13.6. The lowest BCUT2D eigenvalue weighted by atomic mass is 9.96. The molecule has 41 heavy (non-hydrogen) atoms. The Labute approximate surface area is 242 Å². The summed E-state index contributed by atoms with van der Waals surface area (Å²) in [6.07, 6.45) is 1.26. The van der Waals surface area contributed by atoms with Crippen LogP contribution in [0.2, 0.25) is 0 Å². The minimum atomic E-state index is -4.04. The van der Waals surface area contributed by atoms with E-state index in [0.29, 0.717) is 44.5 Å². The minimum Gasteiger partial charge on any atom is -0.480 e. The Hall–Kier alpha value is -3.19. The molecular weight excluding hydrogens is 552 g/mol. The Morgan fingerprint density at radius 2 is 1.71 bits per heavy atom. The third kappa shape index (κ3) is 9.70. The molecule has 0 saturated carbocycles. The van der Waals surface area contributed by atoms with E-state index < -0.39 is 51.9 Å². The number of hydrogen-bond donors (Lipinski definition) is 2. The minimum absolute atomic E-state index is 0.113. The molecule has 1 aromatic rings. The summed E-state index contributed by atoms with van der Waals surface area (Å²) in [5.74, 6) is -2.60. The van der Waals surface area contributed by atoms with Crippen LogP contribution in [-0.2, 0) is 34.9 Å². The highest BCUT2D eigenvalue weighted by atomic mass is 32.2. The molecule has 0 aromatic heterocycles. The third-order valence-electron chi connectivity index (χ3n) is 7.24. The summed E-state index contributed by atoms with van der Waals surface area (Å²) in [4.78, 5) is 55.0. The number of carbonyl (C=O) groups is 4. The van der Waals surface area contributed by atoms with Gasteiger partial charge in [-0.15, -0.1) is 0 Å². The van der Waals surface area contributed by atoms with Crippen LogP contribution < -0.4 is 4.72 Å². The molecule has 2 aliphatic rings. The highest BCUT2D eigenvalue weighted by Crippen LogP contribution is 2.22. The first-order valence-corrected chi connectivity index (χ1v) is 15.6. The molecule has 0 spiro atoms. The summed E-state index contributed by atoms with van der Waals surface area (Å²) in [5, 5.41) is 9.56. The lowest BCUT2D eigenvalue weighted by molar-refractivity contribution is -0.149. The predicted octanol–water partition coefficient (Wildman–Crippen LogP) is 2.05. The maximum Gasteiger partial charge on any atom is 0.410 e. The summed E-state index contributed by atoms with van der Waals surface area (Å²) in [7, 11) is -2.44. The van der Waals surface area contributed by atoms with Gasteiger partial charge in [0.05, 0.1) is 12.2 Å². The van der Waals surface area contributed by atoms with E-state index in [9.17, 15) is 32.7 Å². The molecule has 2 aliphatic heterocycles. The van der Waals surface area contributed by atoms with Crippen molar-refractivity contribution in [3.05, 3.63) is 35.9 Å². The number of carboxylic acids is 1. The van der Waals surface area contributed by atoms with Crippen molar-refractivity contribution in [2.45, 2.75) is 76.3 Å². The zero-order valence-electron chi connectivity index (χ0n) is 24.2. The van der Waals surface area contributed by atoms with E-state index in [4.69, 9.17) is 4.74 Å². The first-order chi connectivity index (χ1) is 19.1. The first-order valence-electron chi connectivity index (χ1n) is 13.9. The van der Waals surface area contributed by atoms with Crippen LogP contribution in [0.3, 0.4) is 0 Å². The molecule has 12 nitrogen and oxygen atoms in total. The Kier molecular flexibility index (Phi) is 10.8. The molecule has 3 amide bonds. The normalized spacial score (nSPS) is 19.1. The number of rotatable bonds is 10. The highest BCUT2D eigenvalue weighted by Gasteiger charge is 2.39. The van der Waals surface area contributed by atoms with Crippen molar-refractivity contribution < 1.29 is 37.4 Å². The van der Waals surface area contributed by atoms with Crippen LogP contribution in [0.25, 0.3) is 0 Å². The largest absolute Gasteiger partial charge is 0.480 e. The van der Waals surface area contributed by atoms with Crippen LogP contribution in [0.1, 0.15) is 58.4 Å². The van der Waals surface area contributed by atoms with E-state index in [0.717, 1.165) is 4.90 Å². The molecule has 2 fully saturated rings. The van der Waals surface area contributed by atoms with Gasteiger partial charge in [-0.2, -0.15) is 0 Å². The fraction of sp³-hybridized carbons (Fsp3) is 0.643. The molecule has 0 aliphatic carbocycles. The second-order valence-electron chi connectivity index (χ2n) is 11.8. The molecule has 228 valence electrons. The number of sulfonamides is 1. The van der Waals surface area contributed by atoms with Gasteiger partial charge in [0, 0.05) is 33.2 Å². The molecule has 0 radical (unpaired) electrons. The van der Waals surface area contributed by atoms with Crippen LogP contribution in [0.5, 0.6) is 0 Å². The van der Waals surface area contributed by atoms with Gasteiger partial charge in [0.15, 0.2) is 0 Å². The second kappa shape index (κ2) is 13.6. The maximum absolute atomic E-state index is 13.5. The fourth-order valence-corrected chi connectivity index (χ4v) is 6.50. The van der Waals surface area contributed by atoms with Gasteiger partial charge in [0.25, 0.3) is 0 Å². The van der Waals surface area contributed by atoms with E-state index in [-0.39, 0.29) is 30.7 Å². The van der Waals surface area contributed by atoms with Crippen molar-refractivity contribution in [1.82, 2.24) is 19.4 Å². The Bertz CT molecular complexity index is 1190. The molecule has 0 bridgehead atoms. The quantitative estimate of drug-likeness (QED) is 0.417. The van der Waals surface area contributed by atoms with Crippen molar-refractivity contribution >= 4 is 33.9 Å². The predicted molar refractivity (Wildman–Crippen MR) is 151 cm³/mol. The van der Waals surface area contributed by atoms with E-state index in [1.807, 2.05) is 20.8 Å². The van der Waals surface area contributed by atoms with Crippen molar-refractivity contribution in [1.29, 1.82) is 0 Å². The summed E-state index contributed by atoms with van der Waals surface area (Å²) >= 11 is 0. The Morgan fingerprint density at radius 3 is 2.29 bits per heavy atom. The maximum atomic E-state index is 13.5. The van der Waals surface area contributed by atoms with E-state index >= 15 is 0 Å². The van der Waals surface area contributed by atoms with Crippen LogP contribution in [0, 0.1) is 5.92 Å². The van der Waals surface area contributed by atoms with Crippen molar-refractivity contribution in [3.63, 3.8) is 0 Å². The summed E-state index contributed by atoms with van der Waals surface area (Å²) < 4.78 is 33.9. The molecule has 0 unspecified atom stereocenters. The van der Waals surface area contributed by atoms with Crippen molar-refractivity contribution in [3.8, 4) is 0 Å². The molecule has 13 heteroatoms. The Morgan fingerprint density at radius 1 is 1.07 bits per heavy atom. The Balaban J connectivity index is 1.65. The van der Waals surface area contributed by atoms with Gasteiger partial charge in [-0.1, -0.05) is 30.3 Å². The number of likely N-dealkylation sites (tertiary alicyclic amines) is 2. The third-order valence-corrected chi connectivity index (χ3v) is 8.60. The standard InChI is InChI=1S/C28H42N4O8S/c1-28(2,3)40-27(37)31-15-12-20(13-16-31)18-30(4)24(33)17-22(25(34)32-14-8-11-23(32)26(35)36)29-41(38,39)19-21-9-6-5-7-10-21/h5-7,9-10,20,22-23,29H,8,11-19H2,1-4H3,(H,35,36)/t22-,23+/m1/s1. The average Bonchev–Trinajstić information content (AvgIpc) is 3.38. The number of nitrogens with zero attached hydrogens (tertiary/aromatic N) is 3. The van der Waals surface area contributed by atoms with Crippen molar-refractivity contribution in [2.75, 3.05) is 33.2 Å². The van der Waals surface area contributed by atoms with Gasteiger partial charge in [0.2, 0.25) is 21.8 Å². The number of nitrogens with one attached hydrogen (secondary N) is 1. The van der Waals surface area contributed by atoms with Gasteiger partial charge in [-0.25, -0.2) is 22.7 Å². The zero-order valence-corrected chi connectivity index (χ0v) is 25.1. The van der Waals surface area contributed by atoms with Crippen LogP contribution in [0.15, 0.2) is 30.3 Å². The smallest absolute Gasteiger partial charge is 0.410 e. The van der Waals surface area contributed by atoms with E-state index in [1.165, 1.54) is 4.90 Å². The number of ether oxygens (including phenoxy) is 1. The van der Waals surface area contributed by atoms with Gasteiger partial charge in [-0.05, 0) is 57.9 Å². The SMILES string of the molecule is CN(CC1CCN(C(=O)OC(C)(C)C)CC1)C(=O)C[C@@H](NS(=O)(=O)Cc1ccccc1)C(=O)N1CCC[C@H]1C(=O)O. The molecule has 2 heterocycles. The fourth-order valence-electron chi connectivity index (χ4n) is 5.16. The number of piperidine rings is 1. The summed E-state index contributed by atoms with van der Waals surface area (Å²) in [6, 6.07) is 5.94. The molecule has 2 atom stereocenters. The summed E-state index contributed by atoms with van der Waals surface area (Å²) in [6.45, 7) is 6.96. The van der Waals surface area contributed by atoms with E-state index in [2.05, 4.69) is 4.72 Å². The molecule has 3 rings (SSSR count). The lowest BCUT2D eigenvalue weighted by Gasteiger charge is -2.35. The van der Waals surface area contributed by atoms with Crippen molar-refractivity contribution in [2.24, 2.45) is 5.92 Å². The van der Waals surface area contributed by atoms with Crippen LogP contribution >= 0.6 is 0 Å². The molecule has 2 N–H and O–H groups in total. The van der Waals surface area contributed by atoms with E-state index in [1.54, 1.807) is 42.3 Å². The number of aliphatic carboxylic acids is 1. The molecular formula is C28H42N4O8S. The molecule has 1 aromatic carbocycles. The van der Waals surface area contributed by atoms with Gasteiger partial charge >= 0.3 is 12.1 Å². The van der Waals surface area contributed by atoms with Gasteiger partial charge in [0.1, 0.15) is 17.7 Å². The van der Waals surface area contributed by atoms with Crippen LogP contribution in [0.4, 0.5) is 4.79 Å². The topological polar surface area (TPSA) is 154 Å². The average molecular weight is 595 g/mol. The lowest BCUT2D eigenvalue weighted by Crippen LogP contribution is -2.53. The number of carbonyl (C=O) groups excluding carboxylic acids is 3. The van der Waals surface area contributed by atoms with Gasteiger partial charge < -0.3 is 24.5 Å². The molecule has 2 saturated heterocycles. The number of amides is 3. The zero-order chi connectivity index (χ0) is 30.4. The number of carboxylic acid groups (broad SMARTS) is 1. The van der Waals surface area contributed by atoms with Crippen LogP contribution in [-0.4, -0.2) is 103 Å². The van der Waals surface area contributed by atoms with Gasteiger partial charge in [-0.3, -0.25) is 9.59 Å². The highest BCUT2D eigenvalue weighted by molar-refractivity contribution is 7.88. The monoisotopic (exact) mass is 594 g/mol. The number of hydrogen-bond acceptors (Lipinski definition) is 7. The first kappa shape index (κ1) is 32.3. The number of benzene rings is 1. The summed E-state index contributed by atoms with van der Waals surface area (Å²) in [5.41, 5.74) is -0.0755.